The second-order valence-electron chi connectivity index (χ2n) is 9.36. The van der Waals surface area contributed by atoms with E-state index in [2.05, 4.69) is 0 Å². The normalized spacial score (nSPS) is 11.0. The highest BCUT2D eigenvalue weighted by atomic mass is 35.5. The van der Waals surface area contributed by atoms with E-state index < -0.39 is 0 Å². The van der Waals surface area contributed by atoms with Gasteiger partial charge < -0.3 is 29.2 Å². The van der Waals surface area contributed by atoms with Crippen LogP contribution >= 0.6 is 23.2 Å². The number of ether oxygens (including phenoxy) is 4. The molecule has 0 aliphatic heterocycles. The van der Waals surface area contributed by atoms with Crippen LogP contribution in [0.2, 0.25) is 10.0 Å². The third-order valence-electron chi connectivity index (χ3n) is 6.72. The standard InChI is InChI=1S/C34H24Cl2O6/c35-21-11-13-25-27(15-21)31(41-19-39-23-7-3-1-4-8-23)17-29(33(25)37)30-18-32(42-20-40-24-9-5-2-6-10-24)28-16-22(36)12-14-26(28)34(30)38/h1-18,37-38H,19-20H2. The Morgan fingerprint density at radius 1 is 0.452 bits per heavy atom. The van der Waals surface area contributed by atoms with E-state index in [-0.39, 0.29) is 25.1 Å². The van der Waals surface area contributed by atoms with E-state index in [1.54, 1.807) is 48.5 Å². The Labute approximate surface area is 251 Å². The number of fused-ring (bicyclic) bond motifs is 2. The Morgan fingerprint density at radius 2 is 0.857 bits per heavy atom. The fourth-order valence-corrected chi connectivity index (χ4v) is 5.05. The number of aromatic hydroxyl groups is 2. The lowest BCUT2D eigenvalue weighted by Crippen LogP contribution is -2.06. The van der Waals surface area contributed by atoms with Crippen LogP contribution in [0.15, 0.2) is 109 Å². The van der Waals surface area contributed by atoms with Crippen LogP contribution in [0.25, 0.3) is 32.7 Å². The van der Waals surface area contributed by atoms with Gasteiger partial charge in [-0.1, -0.05) is 59.6 Å². The predicted octanol–water partition coefficient (Wildman–Crippen LogP) is 9.21. The first kappa shape index (κ1) is 27.4. The molecule has 0 radical (unpaired) electrons. The molecule has 0 spiro atoms. The van der Waals surface area contributed by atoms with E-state index >= 15 is 0 Å². The van der Waals surface area contributed by atoms with Gasteiger partial charge in [-0.25, -0.2) is 0 Å². The zero-order valence-corrected chi connectivity index (χ0v) is 23.6. The van der Waals surface area contributed by atoms with Crippen LogP contribution in [0, 0.1) is 0 Å². The molecule has 0 amide bonds. The molecule has 0 atom stereocenters. The van der Waals surface area contributed by atoms with Crippen LogP contribution in [0.5, 0.6) is 34.5 Å². The Hall–Kier alpha value is -4.78. The molecule has 0 saturated carbocycles. The van der Waals surface area contributed by atoms with Crippen molar-refractivity contribution in [3.8, 4) is 45.6 Å². The van der Waals surface area contributed by atoms with E-state index in [1.807, 2.05) is 60.7 Å². The van der Waals surface area contributed by atoms with Crippen molar-refractivity contribution in [1.29, 1.82) is 0 Å². The molecule has 0 fully saturated rings. The Balaban J connectivity index is 1.43. The summed E-state index contributed by atoms with van der Waals surface area (Å²) in [5, 5.41) is 26.0. The predicted molar refractivity (Wildman–Crippen MR) is 165 cm³/mol. The maximum absolute atomic E-state index is 11.5. The topological polar surface area (TPSA) is 77.4 Å². The molecule has 6 nitrogen and oxygen atoms in total. The summed E-state index contributed by atoms with van der Waals surface area (Å²) in [5.41, 5.74) is 0.644. The SMILES string of the molecule is Oc1c(-c2cc(OCOc3ccccc3)c3cc(Cl)ccc3c2O)cc(OCOc2ccccc2)c2cc(Cl)ccc12. The Kier molecular flexibility index (Phi) is 7.82. The minimum atomic E-state index is -0.0940. The number of hydrogen-bond acceptors (Lipinski definition) is 6. The minimum absolute atomic E-state index is 0.0620. The highest BCUT2D eigenvalue weighted by Gasteiger charge is 2.21. The van der Waals surface area contributed by atoms with Crippen LogP contribution in [0.4, 0.5) is 0 Å². The summed E-state index contributed by atoms with van der Waals surface area (Å²) in [6, 6.07) is 32.0. The summed E-state index contributed by atoms with van der Waals surface area (Å²) >= 11 is 12.6. The molecule has 0 saturated heterocycles. The molecule has 8 heteroatoms. The zero-order chi connectivity index (χ0) is 29.1. The van der Waals surface area contributed by atoms with Gasteiger partial charge in [0.15, 0.2) is 0 Å². The van der Waals surface area contributed by atoms with Gasteiger partial charge >= 0.3 is 0 Å². The minimum Gasteiger partial charge on any atom is -0.507 e. The van der Waals surface area contributed by atoms with Gasteiger partial charge in [-0.2, -0.15) is 0 Å². The van der Waals surface area contributed by atoms with Gasteiger partial charge in [0.1, 0.15) is 34.5 Å². The number of benzene rings is 6. The van der Waals surface area contributed by atoms with Crippen molar-refractivity contribution in [3.05, 3.63) is 119 Å². The van der Waals surface area contributed by atoms with E-state index in [9.17, 15) is 10.2 Å². The van der Waals surface area contributed by atoms with Crippen molar-refractivity contribution < 1.29 is 29.2 Å². The molecule has 6 aromatic rings. The number of phenols is 2. The Morgan fingerprint density at radius 3 is 1.26 bits per heavy atom. The molecule has 2 N–H and O–H groups in total. The van der Waals surface area contributed by atoms with Crippen molar-refractivity contribution in [2.24, 2.45) is 0 Å². The van der Waals surface area contributed by atoms with Crippen molar-refractivity contribution in [1.82, 2.24) is 0 Å². The molecule has 42 heavy (non-hydrogen) atoms. The van der Waals surface area contributed by atoms with Gasteiger partial charge in [-0.15, -0.1) is 0 Å². The third kappa shape index (κ3) is 5.68. The molecular formula is C34H24Cl2O6. The van der Waals surface area contributed by atoms with Crippen molar-refractivity contribution >= 4 is 44.7 Å². The summed E-state index contributed by atoms with van der Waals surface area (Å²) in [6.45, 7) is -0.188. The monoisotopic (exact) mass is 598 g/mol. The van der Waals surface area contributed by atoms with Gasteiger partial charge in [0.25, 0.3) is 0 Å². The summed E-state index contributed by atoms with van der Waals surface area (Å²) in [6.07, 6.45) is 0. The zero-order valence-electron chi connectivity index (χ0n) is 22.1. The van der Waals surface area contributed by atoms with Crippen molar-refractivity contribution in [2.75, 3.05) is 13.6 Å². The molecule has 6 rings (SSSR count). The number of para-hydroxylation sites is 2. The van der Waals surface area contributed by atoms with E-state index in [4.69, 9.17) is 42.1 Å². The fourth-order valence-electron chi connectivity index (χ4n) is 4.70. The van der Waals surface area contributed by atoms with E-state index in [0.717, 1.165) is 0 Å². The van der Waals surface area contributed by atoms with Crippen LogP contribution in [-0.4, -0.2) is 23.8 Å². The van der Waals surface area contributed by atoms with Gasteiger partial charge in [0.2, 0.25) is 13.6 Å². The lowest BCUT2D eigenvalue weighted by molar-refractivity contribution is 0.121. The fraction of sp³-hybridized carbons (Fsp3) is 0.0588. The van der Waals surface area contributed by atoms with Crippen molar-refractivity contribution in [3.63, 3.8) is 0 Å². The molecule has 0 aliphatic carbocycles. The first-order valence-electron chi connectivity index (χ1n) is 13.0. The molecule has 6 aromatic carbocycles. The molecule has 0 unspecified atom stereocenters. The maximum atomic E-state index is 11.5. The molecular weight excluding hydrogens is 575 g/mol. The average Bonchev–Trinajstić information content (AvgIpc) is 3.00. The van der Waals surface area contributed by atoms with Gasteiger partial charge in [-0.05, 0) is 72.8 Å². The maximum Gasteiger partial charge on any atom is 0.230 e. The highest BCUT2D eigenvalue weighted by Crippen LogP contribution is 2.48. The van der Waals surface area contributed by atoms with E-state index in [1.165, 1.54) is 0 Å². The molecule has 0 aliphatic rings. The van der Waals surface area contributed by atoms with Crippen molar-refractivity contribution in [2.45, 2.75) is 0 Å². The highest BCUT2D eigenvalue weighted by molar-refractivity contribution is 6.32. The largest absolute Gasteiger partial charge is 0.507 e. The van der Waals surface area contributed by atoms with Gasteiger partial charge in [-0.3, -0.25) is 0 Å². The Bertz CT molecular complexity index is 1740. The molecule has 0 heterocycles. The third-order valence-corrected chi connectivity index (χ3v) is 7.19. The molecule has 210 valence electrons. The quantitative estimate of drug-likeness (QED) is 0.161. The van der Waals surface area contributed by atoms with E-state index in [0.29, 0.717) is 65.7 Å². The summed E-state index contributed by atoms with van der Waals surface area (Å²) in [4.78, 5) is 0. The first-order chi connectivity index (χ1) is 20.5. The van der Waals surface area contributed by atoms with Crippen LogP contribution in [-0.2, 0) is 0 Å². The number of phenolic OH excluding ortho intramolecular Hbond substituents is 2. The van der Waals surface area contributed by atoms with Crippen LogP contribution in [0.1, 0.15) is 0 Å². The number of rotatable bonds is 9. The average molecular weight is 599 g/mol. The molecule has 0 bridgehead atoms. The van der Waals surface area contributed by atoms with Gasteiger partial charge in [0.05, 0.1) is 0 Å². The summed E-state index contributed by atoms with van der Waals surface area (Å²) in [7, 11) is 0. The lowest BCUT2D eigenvalue weighted by atomic mass is 9.95. The first-order valence-corrected chi connectivity index (χ1v) is 13.8. The van der Waals surface area contributed by atoms with Gasteiger partial charge in [0, 0.05) is 42.7 Å². The lowest BCUT2D eigenvalue weighted by Gasteiger charge is -2.18. The second kappa shape index (κ2) is 12.0. The van der Waals surface area contributed by atoms with Crippen LogP contribution in [0.3, 0.4) is 0 Å². The second-order valence-corrected chi connectivity index (χ2v) is 10.2. The number of hydrogen-bond donors (Lipinski definition) is 2. The smallest absolute Gasteiger partial charge is 0.230 e. The molecule has 0 aromatic heterocycles. The number of halogens is 2. The summed E-state index contributed by atoms with van der Waals surface area (Å²) in [5.74, 6) is 1.97. The van der Waals surface area contributed by atoms with Crippen LogP contribution < -0.4 is 18.9 Å². The summed E-state index contributed by atoms with van der Waals surface area (Å²) < 4.78 is 23.6.